The zero-order valence-corrected chi connectivity index (χ0v) is 28.8. The van der Waals surface area contributed by atoms with Crippen molar-refractivity contribution in [3.8, 4) is 29.1 Å². The van der Waals surface area contributed by atoms with Gasteiger partial charge in [-0.3, -0.25) is 0 Å². The van der Waals surface area contributed by atoms with Crippen LogP contribution in [0.3, 0.4) is 0 Å². The van der Waals surface area contributed by atoms with Gasteiger partial charge in [-0.1, -0.05) is 76.2 Å². The molecule has 1 aliphatic rings. The first-order valence-corrected chi connectivity index (χ1v) is 16.6. The van der Waals surface area contributed by atoms with Gasteiger partial charge in [-0.15, -0.1) is 11.3 Å². The molecule has 0 saturated heterocycles. The molecule has 0 saturated carbocycles. The van der Waals surface area contributed by atoms with Crippen LogP contribution in [0.5, 0.6) is 23.0 Å². The molecular formula is C34H21Cl5N2O5S. The standard InChI is InChI=1S/C34H21Cl5N2O5S/c1-2-43-27-9-16(4-8-25(27)44-15-17-3-5-18(35)10-23(17)37)29-21-7-6-20(13-26(21)46-33(41)22(29)14-40)45-34(42)32-31(39)30-24(38)11-19(36)12-28(30)47-32/h3-13,29H,2,15,41H2,1H3. The second-order valence-electron chi connectivity index (χ2n) is 10.2. The molecule has 7 nitrogen and oxygen atoms in total. The van der Waals surface area contributed by atoms with E-state index < -0.39 is 11.9 Å². The summed E-state index contributed by atoms with van der Waals surface area (Å²) in [6.45, 7) is 2.40. The molecule has 1 atom stereocenters. The molecule has 4 aromatic carbocycles. The molecule has 0 radical (unpaired) electrons. The molecule has 2 N–H and O–H groups in total. The lowest BCUT2D eigenvalue weighted by Crippen LogP contribution is -2.21. The highest BCUT2D eigenvalue weighted by Crippen LogP contribution is 2.46. The van der Waals surface area contributed by atoms with Crippen LogP contribution in [-0.4, -0.2) is 12.6 Å². The van der Waals surface area contributed by atoms with E-state index in [4.69, 9.17) is 82.7 Å². The zero-order valence-electron chi connectivity index (χ0n) is 24.2. The number of carbonyl (C=O) groups is 1. The lowest BCUT2D eigenvalue weighted by Gasteiger charge is -2.27. The van der Waals surface area contributed by atoms with Crippen molar-refractivity contribution in [2.75, 3.05) is 6.61 Å². The molecule has 0 bridgehead atoms. The van der Waals surface area contributed by atoms with Crippen LogP contribution in [0.2, 0.25) is 25.1 Å². The van der Waals surface area contributed by atoms with Crippen LogP contribution >= 0.6 is 69.3 Å². The van der Waals surface area contributed by atoms with Crippen LogP contribution in [0, 0.1) is 11.3 Å². The van der Waals surface area contributed by atoms with Gasteiger partial charge in [0.25, 0.3) is 0 Å². The number of benzene rings is 4. The number of halogens is 5. The molecule has 238 valence electrons. The molecule has 13 heteroatoms. The normalized spacial score (nSPS) is 13.9. The molecule has 2 heterocycles. The Balaban J connectivity index is 1.30. The third-order valence-electron chi connectivity index (χ3n) is 7.24. The van der Waals surface area contributed by atoms with Crippen molar-refractivity contribution >= 4 is 85.4 Å². The minimum absolute atomic E-state index is 0.0804. The maximum Gasteiger partial charge on any atom is 0.355 e. The van der Waals surface area contributed by atoms with E-state index in [1.165, 1.54) is 6.07 Å². The Morgan fingerprint density at radius 1 is 0.936 bits per heavy atom. The molecule has 1 aromatic heterocycles. The fraction of sp³-hybridized carbons (Fsp3) is 0.118. The predicted octanol–water partition coefficient (Wildman–Crippen LogP) is 10.6. The smallest absolute Gasteiger partial charge is 0.355 e. The van der Waals surface area contributed by atoms with Crippen LogP contribution < -0.4 is 24.7 Å². The summed E-state index contributed by atoms with van der Waals surface area (Å²) in [6, 6.07) is 20.8. The average molecular weight is 747 g/mol. The van der Waals surface area contributed by atoms with E-state index in [0.717, 1.165) is 16.9 Å². The average Bonchev–Trinajstić information content (AvgIpc) is 3.36. The van der Waals surface area contributed by atoms with Crippen LogP contribution in [0.1, 0.15) is 39.2 Å². The quantitative estimate of drug-likeness (QED) is 0.125. The van der Waals surface area contributed by atoms with Crippen molar-refractivity contribution in [1.29, 1.82) is 5.26 Å². The Hall–Kier alpha value is -3.81. The van der Waals surface area contributed by atoms with Gasteiger partial charge >= 0.3 is 5.97 Å². The number of carbonyl (C=O) groups excluding carboxylic acids is 1. The van der Waals surface area contributed by atoms with E-state index in [-0.39, 0.29) is 33.7 Å². The third kappa shape index (κ3) is 6.66. The van der Waals surface area contributed by atoms with E-state index >= 15 is 0 Å². The lowest BCUT2D eigenvalue weighted by atomic mass is 9.83. The Morgan fingerprint density at radius 2 is 1.72 bits per heavy atom. The van der Waals surface area contributed by atoms with Gasteiger partial charge in [-0.05, 0) is 55.0 Å². The monoisotopic (exact) mass is 744 g/mol. The van der Waals surface area contributed by atoms with Gasteiger partial charge in [0.15, 0.2) is 11.5 Å². The largest absolute Gasteiger partial charge is 0.490 e. The number of nitriles is 1. The Labute approximate surface area is 298 Å². The number of allylic oxidation sites excluding steroid dienone is 1. The SMILES string of the molecule is CCOc1cc(C2C(C#N)=C(N)Oc3cc(OC(=O)c4sc5cc(Cl)cc(Cl)c5c4Cl)ccc32)ccc1OCc1ccc(Cl)cc1Cl. The van der Waals surface area contributed by atoms with Crippen LogP contribution in [0.15, 0.2) is 78.2 Å². The fourth-order valence-electron chi connectivity index (χ4n) is 5.12. The second kappa shape index (κ2) is 13.7. The number of esters is 1. The van der Waals surface area contributed by atoms with Gasteiger partial charge in [-0.2, -0.15) is 5.26 Å². The number of nitrogens with two attached hydrogens (primary N) is 1. The maximum atomic E-state index is 13.2. The van der Waals surface area contributed by atoms with Gasteiger partial charge in [0.1, 0.15) is 34.6 Å². The molecule has 1 unspecified atom stereocenters. The molecule has 47 heavy (non-hydrogen) atoms. The van der Waals surface area contributed by atoms with Crippen molar-refractivity contribution in [2.45, 2.75) is 19.4 Å². The van der Waals surface area contributed by atoms with Gasteiger partial charge in [0.05, 0.1) is 22.6 Å². The summed E-state index contributed by atoms with van der Waals surface area (Å²) in [7, 11) is 0. The van der Waals surface area contributed by atoms with E-state index in [2.05, 4.69) is 6.07 Å². The molecule has 5 aromatic rings. The van der Waals surface area contributed by atoms with Crippen molar-refractivity contribution in [3.63, 3.8) is 0 Å². The number of fused-ring (bicyclic) bond motifs is 2. The lowest BCUT2D eigenvalue weighted by molar-refractivity contribution is 0.0740. The summed E-state index contributed by atoms with van der Waals surface area (Å²) < 4.78 is 24.1. The minimum atomic E-state index is -0.686. The molecule has 0 spiro atoms. The topological polar surface area (TPSA) is 104 Å². The van der Waals surface area contributed by atoms with Crippen molar-refractivity contribution < 1.29 is 23.7 Å². The van der Waals surface area contributed by atoms with Gasteiger partial charge in [-0.25, -0.2) is 4.79 Å². The first-order chi connectivity index (χ1) is 22.6. The summed E-state index contributed by atoms with van der Waals surface area (Å²) in [6.07, 6.45) is 0. The van der Waals surface area contributed by atoms with Gasteiger partial charge in [0.2, 0.25) is 5.88 Å². The maximum absolute atomic E-state index is 13.2. The molecule has 1 aliphatic heterocycles. The van der Waals surface area contributed by atoms with Gasteiger partial charge in [0, 0.05) is 42.3 Å². The summed E-state index contributed by atoms with van der Waals surface area (Å²) in [5, 5.41) is 12.5. The number of rotatable bonds is 8. The highest BCUT2D eigenvalue weighted by molar-refractivity contribution is 7.21. The van der Waals surface area contributed by atoms with E-state index in [1.54, 1.807) is 54.6 Å². The summed E-state index contributed by atoms with van der Waals surface area (Å²) >= 11 is 32.4. The number of hydrogen-bond donors (Lipinski definition) is 1. The second-order valence-corrected chi connectivity index (χ2v) is 13.3. The number of nitrogens with zero attached hydrogens (tertiary/aromatic N) is 1. The summed E-state index contributed by atoms with van der Waals surface area (Å²) in [5.74, 6) is 0.0531. The van der Waals surface area contributed by atoms with Gasteiger partial charge < -0.3 is 24.7 Å². The Kier molecular flexibility index (Phi) is 9.67. The Bertz CT molecular complexity index is 2140. The minimum Gasteiger partial charge on any atom is -0.490 e. The fourth-order valence-corrected chi connectivity index (χ4v) is 7.83. The van der Waals surface area contributed by atoms with Crippen molar-refractivity contribution in [2.24, 2.45) is 5.73 Å². The number of thiophene rings is 1. The summed E-state index contributed by atoms with van der Waals surface area (Å²) in [5.41, 5.74) is 8.52. The molecule has 0 amide bonds. The summed E-state index contributed by atoms with van der Waals surface area (Å²) in [4.78, 5) is 13.4. The highest BCUT2D eigenvalue weighted by atomic mass is 35.5. The molecule has 0 aliphatic carbocycles. The van der Waals surface area contributed by atoms with Crippen molar-refractivity contribution in [1.82, 2.24) is 0 Å². The van der Waals surface area contributed by atoms with E-state index in [1.807, 2.05) is 13.0 Å². The zero-order chi connectivity index (χ0) is 33.4. The van der Waals surface area contributed by atoms with Crippen molar-refractivity contribution in [3.05, 3.63) is 125 Å². The number of ether oxygens (including phenoxy) is 4. The first kappa shape index (κ1) is 33.1. The first-order valence-electron chi connectivity index (χ1n) is 13.9. The third-order valence-corrected chi connectivity index (χ3v) is 9.95. The Morgan fingerprint density at radius 3 is 2.47 bits per heavy atom. The van der Waals surface area contributed by atoms with E-state index in [0.29, 0.717) is 65.2 Å². The predicted molar refractivity (Wildman–Crippen MR) is 186 cm³/mol. The van der Waals surface area contributed by atoms with Crippen LogP contribution in [0.25, 0.3) is 10.1 Å². The molecule has 0 fully saturated rings. The molecular weight excluding hydrogens is 726 g/mol. The molecule has 6 rings (SSSR count). The number of hydrogen-bond acceptors (Lipinski definition) is 8. The van der Waals surface area contributed by atoms with Crippen LogP contribution in [-0.2, 0) is 6.61 Å². The van der Waals surface area contributed by atoms with Crippen LogP contribution in [0.4, 0.5) is 0 Å². The highest BCUT2D eigenvalue weighted by Gasteiger charge is 2.32. The van der Waals surface area contributed by atoms with E-state index in [9.17, 15) is 10.1 Å².